The average molecular weight is 429 g/mol. The van der Waals surface area contributed by atoms with Gasteiger partial charge in [0.15, 0.2) is 12.2 Å². The van der Waals surface area contributed by atoms with Crippen LogP contribution in [0.15, 0.2) is 34.6 Å². The number of guanidine groups is 1. The van der Waals surface area contributed by atoms with Gasteiger partial charge in [-0.2, -0.15) is 0 Å². The fraction of sp³-hybridized carbons (Fsp3) is 0.476. The minimum Gasteiger partial charge on any atom is -0.497 e. The fourth-order valence-corrected chi connectivity index (χ4v) is 4.26. The minimum absolute atomic E-state index is 0.197. The van der Waals surface area contributed by atoms with Crippen LogP contribution in [0.1, 0.15) is 13.8 Å². The lowest BCUT2D eigenvalue weighted by Crippen LogP contribution is -2.65. The quantitative estimate of drug-likeness (QED) is 0.680. The van der Waals surface area contributed by atoms with Crippen molar-refractivity contribution < 1.29 is 23.8 Å². The Labute approximate surface area is 181 Å². The highest BCUT2D eigenvalue weighted by molar-refractivity contribution is 6.11. The molecular formula is C21H27N5O5. The lowest BCUT2D eigenvalue weighted by molar-refractivity contribution is -0.137. The summed E-state index contributed by atoms with van der Waals surface area (Å²) in [6.45, 7) is 4.40. The maximum absolute atomic E-state index is 13.3. The number of benzene rings is 1. The van der Waals surface area contributed by atoms with Crippen LogP contribution >= 0.6 is 0 Å². The molecule has 0 spiro atoms. The van der Waals surface area contributed by atoms with Gasteiger partial charge in [-0.1, -0.05) is 0 Å². The number of rotatable bonds is 6. The summed E-state index contributed by atoms with van der Waals surface area (Å²) in [5, 5.41) is 0. The number of ether oxygens (including phenoxy) is 3. The maximum atomic E-state index is 13.3. The molecule has 0 radical (unpaired) electrons. The molecule has 10 nitrogen and oxygen atoms in total. The number of allylic oxidation sites excluding steroid dienone is 2. The predicted molar refractivity (Wildman–Crippen MR) is 114 cm³/mol. The second-order valence-corrected chi connectivity index (χ2v) is 7.58. The molecule has 1 fully saturated rings. The third kappa shape index (κ3) is 3.01. The van der Waals surface area contributed by atoms with E-state index in [1.54, 1.807) is 34.4 Å². The molecule has 0 aromatic heterocycles. The van der Waals surface area contributed by atoms with Crippen molar-refractivity contribution in [3.05, 3.63) is 29.6 Å². The normalized spacial score (nSPS) is 22.8. The highest BCUT2D eigenvalue weighted by Crippen LogP contribution is 2.43. The smallest absolute Gasteiger partial charge is 0.328 e. The summed E-state index contributed by atoms with van der Waals surface area (Å²) in [5.74, 6) is 1.60. The van der Waals surface area contributed by atoms with Crippen molar-refractivity contribution >= 4 is 23.6 Å². The number of urea groups is 1. The largest absolute Gasteiger partial charge is 0.497 e. The van der Waals surface area contributed by atoms with Crippen molar-refractivity contribution in [1.29, 1.82) is 0 Å². The zero-order valence-electron chi connectivity index (χ0n) is 18.6. The first-order valence-electron chi connectivity index (χ1n) is 9.99. The number of likely N-dealkylation sites (N-methyl/N-ethyl adjacent to an activating group) is 1. The van der Waals surface area contributed by atoms with Crippen molar-refractivity contribution in [3.63, 3.8) is 0 Å². The van der Waals surface area contributed by atoms with Crippen LogP contribution in [0.5, 0.6) is 11.5 Å². The molecule has 1 saturated heterocycles. The lowest BCUT2D eigenvalue weighted by atomic mass is 10.1. The molecule has 2 unspecified atom stereocenters. The Balaban J connectivity index is 1.76. The first kappa shape index (κ1) is 21.0. The number of anilines is 1. The van der Waals surface area contributed by atoms with E-state index in [2.05, 4.69) is 0 Å². The van der Waals surface area contributed by atoms with Crippen LogP contribution in [0.3, 0.4) is 0 Å². The van der Waals surface area contributed by atoms with Crippen molar-refractivity contribution in [1.82, 2.24) is 14.7 Å². The van der Waals surface area contributed by atoms with Gasteiger partial charge in [0.1, 0.15) is 11.5 Å². The van der Waals surface area contributed by atoms with E-state index in [1.165, 1.54) is 9.80 Å². The second-order valence-electron chi connectivity index (χ2n) is 7.58. The number of amides is 3. The molecule has 10 heteroatoms. The SMILES string of the molecule is COCCN1C(=O)C2C(N=C3N(c4ccc(OC)cc4OC)C(C)=C(C)N32)N(C)C1=O. The highest BCUT2D eigenvalue weighted by atomic mass is 16.5. The topological polar surface area (TPSA) is 87.2 Å². The van der Waals surface area contributed by atoms with Crippen LogP contribution in [-0.2, 0) is 9.53 Å². The average Bonchev–Trinajstić information content (AvgIpc) is 3.27. The minimum atomic E-state index is -0.626. The lowest BCUT2D eigenvalue weighted by Gasteiger charge is -2.40. The van der Waals surface area contributed by atoms with Gasteiger partial charge >= 0.3 is 6.03 Å². The van der Waals surface area contributed by atoms with Gasteiger partial charge in [-0.05, 0) is 26.0 Å². The molecule has 3 heterocycles. The van der Waals surface area contributed by atoms with Crippen LogP contribution in [0.2, 0.25) is 0 Å². The summed E-state index contributed by atoms with van der Waals surface area (Å²) in [7, 11) is 6.40. The van der Waals surface area contributed by atoms with Gasteiger partial charge in [0.25, 0.3) is 5.91 Å². The molecule has 0 aliphatic carbocycles. The van der Waals surface area contributed by atoms with Crippen molar-refractivity contribution in [2.45, 2.75) is 26.1 Å². The van der Waals surface area contributed by atoms with Gasteiger partial charge in [0.05, 0.1) is 33.1 Å². The van der Waals surface area contributed by atoms with E-state index >= 15 is 0 Å². The molecule has 3 aliphatic rings. The molecule has 0 bridgehead atoms. The third-order valence-corrected chi connectivity index (χ3v) is 6.04. The number of carbonyl (C=O) groups is 2. The van der Waals surface area contributed by atoms with Crippen LogP contribution in [0.25, 0.3) is 0 Å². The van der Waals surface area contributed by atoms with Crippen molar-refractivity contribution in [3.8, 4) is 11.5 Å². The summed E-state index contributed by atoms with van der Waals surface area (Å²) < 4.78 is 16.0. The summed E-state index contributed by atoms with van der Waals surface area (Å²) >= 11 is 0. The number of nitrogens with zero attached hydrogens (tertiary/aromatic N) is 5. The summed E-state index contributed by atoms with van der Waals surface area (Å²) in [6, 6.07) is 4.54. The van der Waals surface area contributed by atoms with E-state index in [-0.39, 0.29) is 25.1 Å². The van der Waals surface area contributed by atoms with E-state index < -0.39 is 12.2 Å². The molecule has 31 heavy (non-hydrogen) atoms. The van der Waals surface area contributed by atoms with Crippen LogP contribution < -0.4 is 14.4 Å². The Morgan fingerprint density at radius 3 is 2.45 bits per heavy atom. The number of aliphatic imine (C=N–C) groups is 1. The Kier molecular flexibility index (Phi) is 5.26. The van der Waals surface area contributed by atoms with Gasteiger partial charge in [0, 0.05) is 31.6 Å². The fourth-order valence-electron chi connectivity index (χ4n) is 4.26. The van der Waals surface area contributed by atoms with Crippen molar-refractivity contribution in [2.75, 3.05) is 46.4 Å². The first-order chi connectivity index (χ1) is 14.8. The molecule has 4 rings (SSSR count). The monoisotopic (exact) mass is 429 g/mol. The van der Waals surface area contributed by atoms with E-state index in [0.717, 1.165) is 17.1 Å². The zero-order chi connectivity index (χ0) is 22.4. The number of carbonyl (C=O) groups excluding carboxylic acids is 2. The molecule has 166 valence electrons. The van der Waals surface area contributed by atoms with E-state index in [0.29, 0.717) is 17.5 Å². The number of hydrogen-bond acceptors (Lipinski definition) is 8. The number of methoxy groups -OCH3 is 3. The van der Waals surface area contributed by atoms with Crippen LogP contribution in [0.4, 0.5) is 10.5 Å². The molecule has 3 amide bonds. The van der Waals surface area contributed by atoms with Gasteiger partial charge in [-0.15, -0.1) is 0 Å². The number of imide groups is 1. The molecule has 0 saturated carbocycles. The maximum Gasteiger partial charge on any atom is 0.328 e. The molecule has 1 aromatic rings. The van der Waals surface area contributed by atoms with Crippen LogP contribution in [0, 0.1) is 0 Å². The third-order valence-electron chi connectivity index (χ3n) is 6.04. The van der Waals surface area contributed by atoms with Gasteiger partial charge in [-0.3, -0.25) is 19.5 Å². The Hall–Kier alpha value is -3.27. The number of hydrogen-bond donors (Lipinski definition) is 0. The molecule has 0 N–H and O–H groups in total. The van der Waals surface area contributed by atoms with Gasteiger partial charge in [-0.25, -0.2) is 9.79 Å². The van der Waals surface area contributed by atoms with Gasteiger partial charge in [0.2, 0.25) is 5.96 Å². The van der Waals surface area contributed by atoms with Crippen molar-refractivity contribution in [2.24, 2.45) is 4.99 Å². The summed E-state index contributed by atoms with van der Waals surface area (Å²) in [5.41, 5.74) is 2.60. The van der Waals surface area contributed by atoms with E-state index in [4.69, 9.17) is 19.2 Å². The van der Waals surface area contributed by atoms with E-state index in [9.17, 15) is 9.59 Å². The molecule has 1 aromatic carbocycles. The van der Waals surface area contributed by atoms with Gasteiger partial charge < -0.3 is 19.1 Å². The predicted octanol–water partition coefficient (Wildman–Crippen LogP) is 1.68. The van der Waals surface area contributed by atoms with Crippen LogP contribution in [-0.4, -0.2) is 86.3 Å². The molecule has 3 aliphatic heterocycles. The van der Waals surface area contributed by atoms with E-state index in [1.807, 2.05) is 35.8 Å². The molecule has 2 atom stereocenters. The summed E-state index contributed by atoms with van der Waals surface area (Å²) in [4.78, 5) is 37.6. The Morgan fingerprint density at radius 1 is 1.06 bits per heavy atom. The number of fused-ring (bicyclic) bond motifs is 3. The Morgan fingerprint density at radius 2 is 1.81 bits per heavy atom. The summed E-state index contributed by atoms with van der Waals surface area (Å²) in [6.07, 6.45) is -0.608. The second kappa shape index (κ2) is 7.77. The highest BCUT2D eigenvalue weighted by Gasteiger charge is 2.56. The Bertz CT molecular complexity index is 990. The zero-order valence-corrected chi connectivity index (χ0v) is 18.6. The first-order valence-corrected chi connectivity index (χ1v) is 9.99. The standard InChI is InChI=1S/C21H27N5O5/c1-12-13(2)26-17-18(23(3)21(28)24(19(17)27)9-10-29-4)22-20(26)25(12)15-8-7-14(30-5)11-16(15)31-6/h7-8,11,17-18H,9-10H2,1-6H3. The molecular weight excluding hydrogens is 402 g/mol.